The molecule has 0 radical (unpaired) electrons. The predicted molar refractivity (Wildman–Crippen MR) is 89.6 cm³/mol. The van der Waals surface area contributed by atoms with Gasteiger partial charge in [0.15, 0.2) is 10.6 Å². The summed E-state index contributed by atoms with van der Waals surface area (Å²) in [5, 5.41) is 12.9. The first kappa shape index (κ1) is 14.7. The van der Waals surface area contributed by atoms with Gasteiger partial charge in [-0.2, -0.15) is 10.1 Å². The number of aromatic nitrogens is 7. The minimum Gasteiger partial charge on any atom is -0.384 e. The molecule has 11 heteroatoms. The molecule has 0 bridgehead atoms. The van der Waals surface area contributed by atoms with Crippen molar-refractivity contribution in [1.82, 2.24) is 34.9 Å². The second-order valence-corrected chi connectivity index (χ2v) is 6.09. The Balaban J connectivity index is 1.66. The van der Waals surface area contributed by atoms with Crippen molar-refractivity contribution in [1.29, 1.82) is 0 Å². The zero-order chi connectivity index (χ0) is 16.5. The van der Waals surface area contributed by atoms with Crippen LogP contribution in [0.2, 0.25) is 0 Å². The highest BCUT2D eigenvalue weighted by molar-refractivity contribution is 7.71. The summed E-state index contributed by atoms with van der Waals surface area (Å²) >= 11 is 6.86. The Hall–Kier alpha value is -2.92. The molecule has 120 valence electrons. The van der Waals surface area contributed by atoms with E-state index in [1.165, 1.54) is 6.33 Å². The van der Waals surface area contributed by atoms with Crippen LogP contribution in [-0.2, 0) is 6.54 Å². The van der Waals surface area contributed by atoms with E-state index in [4.69, 9.17) is 22.5 Å². The van der Waals surface area contributed by atoms with E-state index in [1.54, 1.807) is 22.0 Å². The van der Waals surface area contributed by atoms with Gasteiger partial charge in [0, 0.05) is 6.07 Å². The van der Waals surface area contributed by atoms with Crippen molar-refractivity contribution in [3.63, 3.8) is 0 Å². The predicted octanol–water partition coefficient (Wildman–Crippen LogP) is 2.14. The van der Waals surface area contributed by atoms with E-state index in [9.17, 15) is 0 Å². The van der Waals surface area contributed by atoms with Crippen LogP contribution in [0, 0.1) is 4.77 Å². The van der Waals surface area contributed by atoms with Crippen LogP contribution in [-0.4, -0.2) is 34.9 Å². The third-order valence-corrected chi connectivity index (χ3v) is 4.36. The fourth-order valence-electron chi connectivity index (χ4n) is 2.11. The van der Waals surface area contributed by atoms with Crippen LogP contribution in [0.4, 0.5) is 5.82 Å². The molecule has 0 amide bonds. The Bertz CT molecular complexity index is 1030. The zero-order valence-corrected chi connectivity index (χ0v) is 13.7. The van der Waals surface area contributed by atoms with Gasteiger partial charge in [-0.05, 0) is 23.7 Å². The molecule has 0 saturated heterocycles. The van der Waals surface area contributed by atoms with Crippen molar-refractivity contribution in [2.24, 2.45) is 0 Å². The van der Waals surface area contributed by atoms with Gasteiger partial charge in [-0.15, -0.1) is 11.3 Å². The van der Waals surface area contributed by atoms with Crippen molar-refractivity contribution in [3.8, 4) is 22.2 Å². The number of rotatable bonds is 4. The summed E-state index contributed by atoms with van der Waals surface area (Å²) in [5.41, 5.74) is 6.13. The van der Waals surface area contributed by atoms with Crippen molar-refractivity contribution in [2.45, 2.75) is 6.54 Å². The van der Waals surface area contributed by atoms with E-state index in [0.29, 0.717) is 34.5 Å². The van der Waals surface area contributed by atoms with E-state index < -0.39 is 0 Å². The third kappa shape index (κ3) is 2.70. The number of hydrogen-bond acceptors (Lipinski definition) is 9. The van der Waals surface area contributed by atoms with Crippen LogP contribution >= 0.6 is 23.6 Å². The molecule has 24 heavy (non-hydrogen) atoms. The standard InChI is InChI=1S/C13H10N8OS2/c14-9-4-7(15-6-16-9)11-17-10(22-20-11)5-21-12(18-19-13(21)23)8-2-1-3-24-8/h1-4,6H,5H2,(H,19,23)(H2,14,15,16). The number of nitrogens with one attached hydrogen (secondary N) is 1. The van der Waals surface area contributed by atoms with Gasteiger partial charge >= 0.3 is 0 Å². The van der Waals surface area contributed by atoms with E-state index in [2.05, 4.69) is 30.3 Å². The van der Waals surface area contributed by atoms with E-state index in [0.717, 1.165) is 10.7 Å². The molecule has 0 atom stereocenters. The molecule has 4 heterocycles. The van der Waals surface area contributed by atoms with Crippen molar-refractivity contribution < 1.29 is 4.52 Å². The molecule has 4 aromatic rings. The van der Waals surface area contributed by atoms with Gasteiger partial charge in [0.05, 0.1) is 4.88 Å². The number of thiophene rings is 1. The Morgan fingerprint density at radius 1 is 1.38 bits per heavy atom. The monoisotopic (exact) mass is 358 g/mol. The molecule has 4 aromatic heterocycles. The summed E-state index contributed by atoms with van der Waals surface area (Å²) in [6.07, 6.45) is 1.35. The molecule has 0 aliphatic rings. The van der Waals surface area contributed by atoms with Gasteiger partial charge in [0.25, 0.3) is 0 Å². The minimum atomic E-state index is 0.302. The lowest BCUT2D eigenvalue weighted by Crippen LogP contribution is -2.02. The highest BCUT2D eigenvalue weighted by Crippen LogP contribution is 2.23. The molecule has 0 fully saturated rings. The molecule has 0 aliphatic heterocycles. The zero-order valence-electron chi connectivity index (χ0n) is 12.1. The fraction of sp³-hybridized carbons (Fsp3) is 0.0769. The van der Waals surface area contributed by atoms with Crippen LogP contribution in [0.3, 0.4) is 0 Å². The molecule has 0 spiro atoms. The Kier molecular flexibility index (Phi) is 3.63. The number of aromatic amines is 1. The summed E-state index contributed by atoms with van der Waals surface area (Å²) in [6, 6.07) is 5.50. The second-order valence-electron chi connectivity index (χ2n) is 4.76. The summed E-state index contributed by atoms with van der Waals surface area (Å²) < 4.78 is 7.57. The average molecular weight is 358 g/mol. The molecule has 4 rings (SSSR count). The Labute approximate surface area is 144 Å². The van der Waals surface area contributed by atoms with E-state index >= 15 is 0 Å². The number of nitrogen functional groups attached to an aromatic ring is 1. The first-order valence-electron chi connectivity index (χ1n) is 6.80. The second kappa shape index (κ2) is 5.94. The van der Waals surface area contributed by atoms with Crippen LogP contribution in [0.15, 0.2) is 34.4 Å². The highest BCUT2D eigenvalue weighted by atomic mass is 32.1. The van der Waals surface area contributed by atoms with Gasteiger partial charge in [-0.25, -0.2) is 9.97 Å². The number of H-pyrrole nitrogens is 1. The largest absolute Gasteiger partial charge is 0.384 e. The highest BCUT2D eigenvalue weighted by Gasteiger charge is 2.15. The van der Waals surface area contributed by atoms with Crippen LogP contribution in [0.5, 0.6) is 0 Å². The van der Waals surface area contributed by atoms with Crippen LogP contribution in [0.25, 0.3) is 22.2 Å². The SMILES string of the molecule is Nc1cc(-c2noc(Cn3c(-c4cccs4)n[nH]c3=S)n2)ncn1. The van der Waals surface area contributed by atoms with Crippen LogP contribution < -0.4 is 5.73 Å². The smallest absolute Gasteiger partial charge is 0.247 e. The molecular formula is C13H10N8OS2. The number of nitrogens with zero attached hydrogens (tertiary/aromatic N) is 6. The van der Waals surface area contributed by atoms with Gasteiger partial charge in [-0.3, -0.25) is 9.67 Å². The fourth-order valence-corrected chi connectivity index (χ4v) is 3.03. The van der Waals surface area contributed by atoms with Crippen molar-refractivity contribution >= 4 is 29.4 Å². The van der Waals surface area contributed by atoms with Crippen molar-refractivity contribution in [2.75, 3.05) is 5.73 Å². The molecule has 9 nitrogen and oxygen atoms in total. The Morgan fingerprint density at radius 3 is 3.08 bits per heavy atom. The quantitative estimate of drug-likeness (QED) is 0.532. The van der Waals surface area contributed by atoms with Gasteiger partial charge in [0.2, 0.25) is 11.7 Å². The van der Waals surface area contributed by atoms with E-state index in [1.807, 2.05) is 17.5 Å². The summed E-state index contributed by atoms with van der Waals surface area (Å²) in [7, 11) is 0. The molecular weight excluding hydrogens is 348 g/mol. The summed E-state index contributed by atoms with van der Waals surface area (Å²) in [5.74, 6) is 1.79. The first-order valence-corrected chi connectivity index (χ1v) is 8.09. The normalized spacial score (nSPS) is 11.0. The van der Waals surface area contributed by atoms with Crippen molar-refractivity contribution in [3.05, 3.63) is 40.6 Å². The minimum absolute atomic E-state index is 0.302. The number of hydrogen-bond donors (Lipinski definition) is 2. The molecule has 3 N–H and O–H groups in total. The number of nitrogens with two attached hydrogens (primary N) is 1. The maximum Gasteiger partial charge on any atom is 0.247 e. The van der Waals surface area contributed by atoms with Gasteiger partial charge in [-0.1, -0.05) is 11.2 Å². The number of anilines is 1. The van der Waals surface area contributed by atoms with Gasteiger partial charge < -0.3 is 10.3 Å². The summed E-state index contributed by atoms with van der Waals surface area (Å²) in [4.78, 5) is 13.2. The maximum atomic E-state index is 5.64. The molecule has 0 aromatic carbocycles. The summed E-state index contributed by atoms with van der Waals surface area (Å²) in [6.45, 7) is 0.302. The lowest BCUT2D eigenvalue weighted by Gasteiger charge is -2.01. The molecule has 0 aliphatic carbocycles. The Morgan fingerprint density at radius 2 is 2.29 bits per heavy atom. The maximum absolute atomic E-state index is 5.64. The molecule has 0 saturated carbocycles. The lowest BCUT2D eigenvalue weighted by molar-refractivity contribution is 0.371. The molecule has 0 unspecified atom stereocenters. The van der Waals surface area contributed by atoms with Crippen LogP contribution in [0.1, 0.15) is 5.89 Å². The first-order chi connectivity index (χ1) is 11.7. The van der Waals surface area contributed by atoms with Gasteiger partial charge in [0.1, 0.15) is 24.4 Å². The third-order valence-electron chi connectivity index (χ3n) is 3.18. The lowest BCUT2D eigenvalue weighted by atomic mass is 10.4. The topological polar surface area (TPSA) is 124 Å². The van der Waals surface area contributed by atoms with E-state index in [-0.39, 0.29) is 0 Å². The average Bonchev–Trinajstić information content (AvgIpc) is 3.30.